The second kappa shape index (κ2) is 10.5. The van der Waals surface area contributed by atoms with Gasteiger partial charge in [-0.3, -0.25) is 9.59 Å². The number of unbranched alkanes of at least 4 members (excludes halogenated alkanes) is 3. The Bertz CT molecular complexity index is 600. The Hall–Kier alpha value is -0.743. The van der Waals surface area contributed by atoms with Crippen molar-refractivity contribution >= 4 is 19.9 Å². The summed E-state index contributed by atoms with van der Waals surface area (Å²) in [7, 11) is -1.82. The van der Waals surface area contributed by atoms with Crippen molar-refractivity contribution < 1.29 is 14.0 Å². The van der Waals surface area contributed by atoms with Gasteiger partial charge in [0.25, 0.3) is 0 Å². The van der Waals surface area contributed by atoms with Crippen LogP contribution in [0.25, 0.3) is 0 Å². The monoisotopic (exact) mass is 420 g/mol. The highest BCUT2D eigenvalue weighted by Crippen LogP contribution is 2.42. The molecule has 0 aromatic rings. The Labute approximate surface area is 180 Å². The van der Waals surface area contributed by atoms with E-state index in [0.717, 1.165) is 37.7 Å². The van der Waals surface area contributed by atoms with Gasteiger partial charge in [0.2, 0.25) is 0 Å². The highest BCUT2D eigenvalue weighted by molar-refractivity contribution is 6.74. The second-order valence-corrected chi connectivity index (χ2v) is 15.6. The summed E-state index contributed by atoms with van der Waals surface area (Å²) in [5, 5.41) is 0.179. The van der Waals surface area contributed by atoms with Gasteiger partial charge in [-0.25, -0.2) is 0 Å². The first-order valence-electron chi connectivity index (χ1n) is 12.0. The number of carbonyl (C=O) groups excluding carboxylic acids is 2. The van der Waals surface area contributed by atoms with Crippen LogP contribution in [0.15, 0.2) is 11.6 Å². The molecule has 0 saturated heterocycles. The molecule has 4 heteroatoms. The minimum Gasteiger partial charge on any atom is -0.417 e. The lowest BCUT2D eigenvalue weighted by Crippen LogP contribution is -2.43. The van der Waals surface area contributed by atoms with Crippen molar-refractivity contribution in [1.29, 1.82) is 0 Å². The molecule has 0 unspecified atom stereocenters. The minimum atomic E-state index is -1.82. The number of hydrogen-bond donors (Lipinski definition) is 0. The zero-order chi connectivity index (χ0) is 21.7. The predicted octanol–water partition coefficient (Wildman–Crippen LogP) is 6.87. The molecule has 0 spiro atoms. The van der Waals surface area contributed by atoms with Crippen LogP contribution in [-0.4, -0.2) is 26.5 Å². The predicted molar refractivity (Wildman–Crippen MR) is 124 cm³/mol. The van der Waals surface area contributed by atoms with Gasteiger partial charge in [-0.1, -0.05) is 59.5 Å². The number of allylic oxidation sites excluding steroid dienone is 2. The number of fused-ring (bicyclic) bond motifs is 2. The lowest BCUT2D eigenvalue weighted by atomic mass is 9.66. The van der Waals surface area contributed by atoms with Crippen LogP contribution in [0.1, 0.15) is 91.9 Å². The molecular formula is C25H44O3Si. The number of carbonyl (C=O) groups is 2. The molecule has 2 bridgehead atoms. The van der Waals surface area contributed by atoms with Crippen LogP contribution in [-0.2, 0) is 14.0 Å². The summed E-state index contributed by atoms with van der Waals surface area (Å²) in [6.45, 7) is 14.2. The van der Waals surface area contributed by atoms with Crippen molar-refractivity contribution in [3.63, 3.8) is 0 Å². The maximum atomic E-state index is 13.1. The lowest BCUT2D eigenvalue weighted by Gasteiger charge is -2.39. The van der Waals surface area contributed by atoms with Crippen molar-refractivity contribution in [1.82, 2.24) is 0 Å². The molecule has 29 heavy (non-hydrogen) atoms. The van der Waals surface area contributed by atoms with Crippen LogP contribution in [0, 0.1) is 17.8 Å². The summed E-state index contributed by atoms with van der Waals surface area (Å²) < 4.78 is 6.45. The molecule has 3 atom stereocenters. The standard InChI is InChI=1S/C25H44O3Si/c1-7-8-9-10-13-19-18-20-14-11-12-15-22(26)23(24(20)27)21(19)16-17-28-29(5,6)25(2,3)4/h18-19,21,23H,7-17H2,1-6H3/t19-,21+,23-/m1/s1. The van der Waals surface area contributed by atoms with E-state index < -0.39 is 14.2 Å². The molecule has 0 amide bonds. The second-order valence-electron chi connectivity index (χ2n) is 10.8. The summed E-state index contributed by atoms with van der Waals surface area (Å²) in [4.78, 5) is 26.1. The van der Waals surface area contributed by atoms with Gasteiger partial charge in [0.05, 0.1) is 5.92 Å². The third kappa shape index (κ3) is 6.37. The van der Waals surface area contributed by atoms with E-state index >= 15 is 0 Å². The van der Waals surface area contributed by atoms with Gasteiger partial charge in [0.15, 0.2) is 14.1 Å². The first-order valence-corrected chi connectivity index (χ1v) is 14.9. The van der Waals surface area contributed by atoms with Crippen LogP contribution in [0.3, 0.4) is 0 Å². The largest absolute Gasteiger partial charge is 0.417 e. The summed E-state index contributed by atoms with van der Waals surface area (Å²) in [6, 6.07) is 0. The molecule has 1 saturated carbocycles. The Balaban J connectivity index is 2.16. The number of hydrogen-bond acceptors (Lipinski definition) is 3. The summed E-state index contributed by atoms with van der Waals surface area (Å²) in [5.74, 6) is 0.403. The molecule has 0 heterocycles. The summed E-state index contributed by atoms with van der Waals surface area (Å²) >= 11 is 0. The first kappa shape index (κ1) is 24.5. The molecule has 166 valence electrons. The third-order valence-electron chi connectivity index (χ3n) is 7.57. The van der Waals surface area contributed by atoms with Crippen LogP contribution < -0.4 is 0 Å². The fourth-order valence-corrected chi connectivity index (χ4v) is 5.68. The van der Waals surface area contributed by atoms with Crippen LogP contribution in [0.5, 0.6) is 0 Å². The van der Waals surface area contributed by atoms with E-state index in [-0.39, 0.29) is 22.5 Å². The lowest BCUT2D eigenvalue weighted by molar-refractivity contribution is -0.135. The smallest absolute Gasteiger partial charge is 0.191 e. The van der Waals surface area contributed by atoms with E-state index in [1.807, 2.05) is 0 Å². The maximum Gasteiger partial charge on any atom is 0.191 e. The topological polar surface area (TPSA) is 43.4 Å². The normalized spacial score (nSPS) is 26.1. The zero-order valence-corrected chi connectivity index (χ0v) is 20.8. The van der Waals surface area contributed by atoms with Gasteiger partial charge in [-0.05, 0) is 67.6 Å². The molecule has 0 aromatic carbocycles. The molecule has 2 rings (SSSR count). The Kier molecular flexibility index (Phi) is 8.90. The average molecular weight is 421 g/mol. The van der Waals surface area contributed by atoms with E-state index in [4.69, 9.17) is 4.43 Å². The summed E-state index contributed by atoms with van der Waals surface area (Å²) in [6.07, 6.45) is 12.5. The number of rotatable bonds is 9. The van der Waals surface area contributed by atoms with Crippen molar-refractivity contribution in [2.24, 2.45) is 17.8 Å². The summed E-state index contributed by atoms with van der Waals surface area (Å²) in [5.41, 5.74) is 0.949. The quantitative estimate of drug-likeness (QED) is 0.232. The van der Waals surface area contributed by atoms with Gasteiger partial charge in [0.1, 0.15) is 5.78 Å². The fourth-order valence-electron chi connectivity index (χ4n) is 4.62. The van der Waals surface area contributed by atoms with Gasteiger partial charge < -0.3 is 4.43 Å². The van der Waals surface area contributed by atoms with Crippen molar-refractivity contribution in [3.05, 3.63) is 11.6 Å². The van der Waals surface area contributed by atoms with Gasteiger partial charge in [-0.15, -0.1) is 0 Å². The molecule has 2 aliphatic rings. The number of Topliss-reactive ketones (excluding diaryl/α,β-unsaturated/α-hetero) is 2. The first-order chi connectivity index (χ1) is 13.6. The van der Waals surface area contributed by atoms with Crippen LogP contribution >= 0.6 is 0 Å². The van der Waals surface area contributed by atoms with Crippen LogP contribution in [0.4, 0.5) is 0 Å². The SMILES string of the molecule is CCCCCC[C@@H]1C=C2CCCCC(=O)[C@H](C2=O)[C@H]1CCO[Si](C)(C)C(C)(C)C. The molecule has 3 nitrogen and oxygen atoms in total. The third-order valence-corrected chi connectivity index (χ3v) is 12.1. The molecule has 2 aliphatic carbocycles. The molecular weight excluding hydrogens is 376 g/mol. The molecule has 0 N–H and O–H groups in total. The van der Waals surface area contributed by atoms with E-state index in [1.54, 1.807) is 0 Å². The van der Waals surface area contributed by atoms with Crippen LogP contribution in [0.2, 0.25) is 18.1 Å². The van der Waals surface area contributed by atoms with Crippen molar-refractivity contribution in [2.75, 3.05) is 6.61 Å². The van der Waals surface area contributed by atoms with E-state index in [9.17, 15) is 9.59 Å². The van der Waals surface area contributed by atoms with E-state index in [1.165, 1.54) is 25.7 Å². The number of ketones is 2. The highest BCUT2D eigenvalue weighted by Gasteiger charge is 2.43. The minimum absolute atomic E-state index is 0.128. The molecule has 0 radical (unpaired) electrons. The van der Waals surface area contributed by atoms with Gasteiger partial charge in [-0.2, -0.15) is 0 Å². The van der Waals surface area contributed by atoms with Crippen molar-refractivity contribution in [2.45, 2.75) is 110 Å². The van der Waals surface area contributed by atoms with Crippen molar-refractivity contribution in [3.8, 4) is 0 Å². The Morgan fingerprint density at radius 2 is 1.72 bits per heavy atom. The molecule has 0 aliphatic heterocycles. The van der Waals surface area contributed by atoms with E-state index in [2.05, 4.69) is 46.9 Å². The highest BCUT2D eigenvalue weighted by atomic mass is 28.4. The Morgan fingerprint density at radius 3 is 2.38 bits per heavy atom. The fraction of sp³-hybridized carbons (Fsp3) is 0.840. The molecule has 1 fully saturated rings. The molecule has 0 aromatic heterocycles. The average Bonchev–Trinajstić information content (AvgIpc) is 2.63. The van der Waals surface area contributed by atoms with Gasteiger partial charge in [0, 0.05) is 13.0 Å². The van der Waals surface area contributed by atoms with Gasteiger partial charge >= 0.3 is 0 Å². The maximum absolute atomic E-state index is 13.1. The van der Waals surface area contributed by atoms with E-state index in [0.29, 0.717) is 18.9 Å². The Morgan fingerprint density at radius 1 is 1.03 bits per heavy atom. The zero-order valence-electron chi connectivity index (χ0n) is 19.8.